The highest BCUT2D eigenvalue weighted by Crippen LogP contribution is 2.26. The predicted octanol–water partition coefficient (Wildman–Crippen LogP) is 1.98. The van der Waals surface area contributed by atoms with E-state index in [2.05, 4.69) is 9.47 Å². The average molecular weight is 174 g/mol. The fourth-order valence-corrected chi connectivity index (χ4v) is 0.823. The van der Waals surface area contributed by atoms with Gasteiger partial charge in [0.1, 0.15) is 0 Å². The molecule has 0 atom stereocenters. The molecule has 0 saturated carbocycles. The van der Waals surface area contributed by atoms with Crippen LogP contribution in [0.2, 0.25) is 0 Å². The maximum absolute atomic E-state index is 12.7. The third kappa shape index (κ3) is 1.47. The maximum atomic E-state index is 12.7. The van der Waals surface area contributed by atoms with Crippen molar-refractivity contribution in [2.45, 2.75) is 0 Å². The lowest BCUT2D eigenvalue weighted by atomic mass is 10.3. The first-order chi connectivity index (χ1) is 5.69. The number of hydrogen-bond donors (Lipinski definition) is 0. The normalized spacial score (nSPS) is 9.67. The molecule has 0 aliphatic rings. The van der Waals surface area contributed by atoms with Gasteiger partial charge in [-0.05, 0) is 0 Å². The summed E-state index contributed by atoms with van der Waals surface area (Å²) < 4.78 is 34.7. The second-order valence-electron chi connectivity index (χ2n) is 2.12. The summed E-state index contributed by atoms with van der Waals surface area (Å²) in [6, 6.07) is 1.88. The van der Waals surface area contributed by atoms with Crippen molar-refractivity contribution in [1.82, 2.24) is 0 Å². The van der Waals surface area contributed by atoms with Crippen molar-refractivity contribution in [1.29, 1.82) is 0 Å². The van der Waals surface area contributed by atoms with E-state index < -0.39 is 11.6 Å². The van der Waals surface area contributed by atoms with Gasteiger partial charge in [0.15, 0.2) is 23.1 Å². The van der Waals surface area contributed by atoms with Crippen LogP contribution in [0.3, 0.4) is 0 Å². The van der Waals surface area contributed by atoms with Crippen LogP contribution in [-0.2, 0) is 0 Å². The Morgan fingerprint density at radius 2 is 1.33 bits per heavy atom. The molecule has 0 aliphatic carbocycles. The number of methoxy groups -OCH3 is 2. The van der Waals surface area contributed by atoms with Crippen molar-refractivity contribution >= 4 is 0 Å². The molecule has 0 spiro atoms. The third-order valence-corrected chi connectivity index (χ3v) is 1.43. The van der Waals surface area contributed by atoms with Gasteiger partial charge in [0.25, 0.3) is 0 Å². The van der Waals surface area contributed by atoms with Crippen LogP contribution < -0.4 is 9.47 Å². The summed E-state index contributed by atoms with van der Waals surface area (Å²) in [6.07, 6.45) is 0. The largest absolute Gasteiger partial charge is 0.494 e. The summed E-state index contributed by atoms with van der Waals surface area (Å²) >= 11 is 0. The molecule has 0 radical (unpaired) electrons. The minimum atomic E-state index is -0.740. The van der Waals surface area contributed by atoms with Gasteiger partial charge in [-0.3, -0.25) is 0 Å². The Hall–Kier alpha value is -1.32. The number of rotatable bonds is 2. The molecular weight excluding hydrogens is 166 g/mol. The predicted molar refractivity (Wildman–Crippen MR) is 39.5 cm³/mol. The van der Waals surface area contributed by atoms with Crippen molar-refractivity contribution in [2.24, 2.45) is 0 Å². The molecule has 0 heterocycles. The highest BCUT2D eigenvalue weighted by molar-refractivity contribution is 5.35. The molecule has 0 aliphatic heterocycles. The zero-order valence-corrected chi connectivity index (χ0v) is 6.73. The zero-order chi connectivity index (χ0) is 9.14. The molecule has 0 aromatic heterocycles. The average Bonchev–Trinajstić information content (AvgIpc) is 2.05. The fraction of sp³-hybridized carbons (Fsp3) is 0.250. The number of benzene rings is 1. The van der Waals surface area contributed by atoms with Crippen molar-refractivity contribution in [2.75, 3.05) is 14.2 Å². The van der Waals surface area contributed by atoms with Gasteiger partial charge in [0.05, 0.1) is 14.2 Å². The molecule has 1 aromatic carbocycles. The first-order valence-electron chi connectivity index (χ1n) is 3.26. The van der Waals surface area contributed by atoms with Gasteiger partial charge in [-0.15, -0.1) is 0 Å². The number of ether oxygens (including phenoxy) is 2. The maximum Gasteiger partial charge on any atom is 0.168 e. The van der Waals surface area contributed by atoms with Crippen LogP contribution in [0.4, 0.5) is 8.78 Å². The van der Waals surface area contributed by atoms with Gasteiger partial charge in [-0.25, -0.2) is 8.78 Å². The Bertz CT molecular complexity index is 261. The molecule has 2 nitrogen and oxygen atoms in total. The Balaban J connectivity index is 3.18. The molecule has 66 valence electrons. The van der Waals surface area contributed by atoms with Crippen LogP contribution in [0, 0.1) is 11.6 Å². The summed E-state index contributed by atoms with van der Waals surface area (Å²) in [4.78, 5) is 0. The minimum absolute atomic E-state index is 0.0340. The van der Waals surface area contributed by atoms with E-state index in [0.717, 1.165) is 12.1 Å². The second kappa shape index (κ2) is 3.38. The highest BCUT2D eigenvalue weighted by atomic mass is 19.1. The monoisotopic (exact) mass is 174 g/mol. The van der Waals surface area contributed by atoms with E-state index >= 15 is 0 Å². The van der Waals surface area contributed by atoms with E-state index in [1.165, 1.54) is 14.2 Å². The van der Waals surface area contributed by atoms with Gasteiger partial charge in [0.2, 0.25) is 0 Å². The van der Waals surface area contributed by atoms with E-state index in [4.69, 9.17) is 0 Å². The Kier molecular flexibility index (Phi) is 2.47. The van der Waals surface area contributed by atoms with Crippen LogP contribution >= 0.6 is 0 Å². The Morgan fingerprint density at radius 3 is 1.67 bits per heavy atom. The lowest BCUT2D eigenvalue weighted by molar-refractivity contribution is 0.358. The third-order valence-electron chi connectivity index (χ3n) is 1.43. The summed E-state index contributed by atoms with van der Waals surface area (Å²) in [5, 5.41) is 0. The molecule has 0 amide bonds. The lowest BCUT2D eigenvalue weighted by Crippen LogP contribution is -1.93. The van der Waals surface area contributed by atoms with Gasteiger partial charge < -0.3 is 9.47 Å². The number of hydrogen-bond acceptors (Lipinski definition) is 2. The Morgan fingerprint density at radius 1 is 0.917 bits per heavy atom. The molecular formula is C8H8F2O2. The van der Waals surface area contributed by atoms with Gasteiger partial charge in [0, 0.05) is 12.1 Å². The van der Waals surface area contributed by atoms with Crippen LogP contribution in [0.1, 0.15) is 0 Å². The van der Waals surface area contributed by atoms with E-state index in [0.29, 0.717) is 0 Å². The molecule has 0 bridgehead atoms. The molecule has 0 saturated heterocycles. The van der Waals surface area contributed by atoms with E-state index in [9.17, 15) is 8.78 Å². The molecule has 1 aromatic rings. The van der Waals surface area contributed by atoms with Gasteiger partial charge in [-0.2, -0.15) is 0 Å². The molecule has 0 unspecified atom stereocenters. The van der Waals surface area contributed by atoms with Gasteiger partial charge in [-0.1, -0.05) is 0 Å². The first-order valence-corrected chi connectivity index (χ1v) is 3.26. The molecule has 0 fully saturated rings. The van der Waals surface area contributed by atoms with E-state index in [1.807, 2.05) is 0 Å². The first kappa shape index (κ1) is 8.77. The summed E-state index contributed by atoms with van der Waals surface area (Å²) in [5.74, 6) is -1.55. The quantitative estimate of drug-likeness (QED) is 0.682. The van der Waals surface area contributed by atoms with Crippen molar-refractivity contribution < 1.29 is 18.3 Å². The molecule has 12 heavy (non-hydrogen) atoms. The zero-order valence-electron chi connectivity index (χ0n) is 6.73. The van der Waals surface area contributed by atoms with Crippen LogP contribution in [0.15, 0.2) is 12.1 Å². The number of halogens is 2. The molecule has 4 heteroatoms. The van der Waals surface area contributed by atoms with Crippen LogP contribution in [0.5, 0.6) is 11.5 Å². The molecule has 1 rings (SSSR count). The van der Waals surface area contributed by atoms with Crippen molar-refractivity contribution in [3.05, 3.63) is 23.8 Å². The summed E-state index contributed by atoms with van der Waals surface area (Å²) in [7, 11) is 2.60. The highest BCUT2D eigenvalue weighted by Gasteiger charge is 2.09. The lowest BCUT2D eigenvalue weighted by Gasteiger charge is -2.05. The minimum Gasteiger partial charge on any atom is -0.494 e. The Labute approximate surface area is 68.7 Å². The molecule has 0 N–H and O–H groups in total. The van der Waals surface area contributed by atoms with Crippen LogP contribution in [0.25, 0.3) is 0 Å². The summed E-state index contributed by atoms with van der Waals surface area (Å²) in [5.41, 5.74) is 0. The van der Waals surface area contributed by atoms with Gasteiger partial charge >= 0.3 is 0 Å². The van der Waals surface area contributed by atoms with Crippen molar-refractivity contribution in [3.8, 4) is 11.5 Å². The standard InChI is InChI=1S/C8H8F2O2/c1-11-7-4-8(12-2)6(10)3-5(7)9/h3-4H,1-2H3. The fourth-order valence-electron chi connectivity index (χ4n) is 0.823. The van der Waals surface area contributed by atoms with E-state index in [-0.39, 0.29) is 11.5 Å². The van der Waals surface area contributed by atoms with Crippen LogP contribution in [-0.4, -0.2) is 14.2 Å². The SMILES string of the molecule is COc1cc(OC)c(F)cc1F. The summed E-state index contributed by atoms with van der Waals surface area (Å²) in [6.45, 7) is 0. The van der Waals surface area contributed by atoms with E-state index in [1.54, 1.807) is 0 Å². The second-order valence-corrected chi connectivity index (χ2v) is 2.12. The van der Waals surface area contributed by atoms with Crippen molar-refractivity contribution in [3.63, 3.8) is 0 Å². The smallest absolute Gasteiger partial charge is 0.168 e. The topological polar surface area (TPSA) is 18.5 Å².